The van der Waals surface area contributed by atoms with Crippen molar-refractivity contribution in [2.75, 3.05) is 18.1 Å². The van der Waals surface area contributed by atoms with Crippen LogP contribution in [0.2, 0.25) is 0 Å². The molecule has 8 heteroatoms. The fourth-order valence-corrected chi connectivity index (χ4v) is 4.84. The van der Waals surface area contributed by atoms with Gasteiger partial charge in [-0.25, -0.2) is 8.42 Å². The minimum atomic E-state index is -2.97. The molecule has 1 saturated heterocycles. The van der Waals surface area contributed by atoms with Crippen LogP contribution in [0, 0.1) is 0 Å². The van der Waals surface area contributed by atoms with E-state index in [1.807, 2.05) is 6.07 Å². The molecule has 2 aromatic rings. The van der Waals surface area contributed by atoms with Gasteiger partial charge in [0, 0.05) is 12.6 Å². The highest BCUT2D eigenvalue weighted by Crippen LogP contribution is 2.19. The smallest absolute Gasteiger partial charge is 0.278 e. The SMILES string of the molecule is CCCCN(Cn1nnc2ccccc2c1=O)C1CCS(=O)(=O)C1. The zero-order chi connectivity index (χ0) is 17.2. The largest absolute Gasteiger partial charge is 0.280 e. The van der Waals surface area contributed by atoms with Crippen LogP contribution < -0.4 is 5.56 Å². The molecule has 1 aromatic heterocycles. The maximum atomic E-state index is 12.6. The number of sulfone groups is 1. The van der Waals surface area contributed by atoms with Gasteiger partial charge in [-0.2, -0.15) is 4.68 Å². The molecule has 1 unspecified atom stereocenters. The first-order valence-corrected chi connectivity index (χ1v) is 10.1. The molecular weight excluding hydrogens is 328 g/mol. The standard InChI is InChI=1S/C16H22N4O3S/c1-2-3-9-19(13-8-10-24(22,23)11-13)12-20-16(21)14-6-4-5-7-15(14)17-18-20/h4-7,13H,2-3,8-12H2,1H3. The maximum Gasteiger partial charge on any atom is 0.278 e. The highest BCUT2D eigenvalue weighted by molar-refractivity contribution is 7.91. The number of aromatic nitrogens is 3. The fourth-order valence-electron chi connectivity index (χ4n) is 3.08. The summed E-state index contributed by atoms with van der Waals surface area (Å²) in [5.41, 5.74) is 0.380. The van der Waals surface area contributed by atoms with Crippen LogP contribution in [-0.4, -0.2) is 52.4 Å². The van der Waals surface area contributed by atoms with Crippen LogP contribution in [0.4, 0.5) is 0 Å². The summed E-state index contributed by atoms with van der Waals surface area (Å²) in [5.74, 6) is 0.380. The molecule has 0 spiro atoms. The molecule has 2 heterocycles. The van der Waals surface area contributed by atoms with Gasteiger partial charge in [-0.3, -0.25) is 9.69 Å². The number of unbranched alkanes of at least 4 members (excludes halogenated alkanes) is 1. The number of benzene rings is 1. The van der Waals surface area contributed by atoms with Gasteiger partial charge in [0.15, 0.2) is 9.84 Å². The molecule has 130 valence electrons. The van der Waals surface area contributed by atoms with Crippen molar-refractivity contribution in [1.29, 1.82) is 0 Å². The van der Waals surface area contributed by atoms with Crippen molar-refractivity contribution >= 4 is 20.7 Å². The van der Waals surface area contributed by atoms with E-state index in [0.29, 0.717) is 17.3 Å². The molecule has 24 heavy (non-hydrogen) atoms. The zero-order valence-corrected chi connectivity index (χ0v) is 14.6. The van der Waals surface area contributed by atoms with Crippen LogP contribution >= 0.6 is 0 Å². The second-order valence-corrected chi connectivity index (χ2v) is 8.50. The van der Waals surface area contributed by atoms with Gasteiger partial charge in [0.2, 0.25) is 0 Å². The average molecular weight is 350 g/mol. The van der Waals surface area contributed by atoms with Gasteiger partial charge >= 0.3 is 0 Å². The summed E-state index contributed by atoms with van der Waals surface area (Å²) in [4.78, 5) is 14.6. The Morgan fingerprint density at radius 3 is 2.83 bits per heavy atom. The normalized spacial score (nSPS) is 20.0. The van der Waals surface area contributed by atoms with E-state index in [0.717, 1.165) is 19.4 Å². The zero-order valence-electron chi connectivity index (χ0n) is 13.8. The number of nitrogens with zero attached hydrogens (tertiary/aromatic N) is 4. The lowest BCUT2D eigenvalue weighted by Gasteiger charge is -2.27. The minimum Gasteiger partial charge on any atom is -0.280 e. The van der Waals surface area contributed by atoms with E-state index in [1.165, 1.54) is 4.68 Å². The summed E-state index contributed by atoms with van der Waals surface area (Å²) in [7, 11) is -2.97. The van der Waals surface area contributed by atoms with Crippen LogP contribution in [0.15, 0.2) is 29.1 Å². The van der Waals surface area contributed by atoms with Gasteiger partial charge in [-0.1, -0.05) is 30.7 Å². The highest BCUT2D eigenvalue weighted by atomic mass is 32.2. The van der Waals surface area contributed by atoms with Gasteiger partial charge < -0.3 is 0 Å². The van der Waals surface area contributed by atoms with Gasteiger partial charge in [0.05, 0.1) is 23.6 Å². The van der Waals surface area contributed by atoms with E-state index >= 15 is 0 Å². The Labute approximate surface area is 141 Å². The molecule has 0 N–H and O–H groups in total. The quantitative estimate of drug-likeness (QED) is 0.774. The number of fused-ring (bicyclic) bond motifs is 1. The molecule has 0 amide bonds. The first-order valence-electron chi connectivity index (χ1n) is 8.27. The number of hydrogen-bond donors (Lipinski definition) is 0. The molecule has 0 aliphatic carbocycles. The summed E-state index contributed by atoms with van der Waals surface area (Å²) >= 11 is 0. The van der Waals surface area contributed by atoms with Gasteiger partial charge in [0.1, 0.15) is 5.52 Å². The maximum absolute atomic E-state index is 12.6. The third-order valence-corrected chi connectivity index (χ3v) is 6.22. The summed E-state index contributed by atoms with van der Waals surface area (Å²) in [6.07, 6.45) is 2.57. The van der Waals surface area contributed by atoms with E-state index in [4.69, 9.17) is 0 Å². The van der Waals surface area contributed by atoms with Gasteiger partial charge in [-0.15, -0.1) is 5.10 Å². The molecular formula is C16H22N4O3S. The third-order valence-electron chi connectivity index (χ3n) is 4.47. The first kappa shape index (κ1) is 17.0. The van der Waals surface area contributed by atoms with Crippen LogP contribution in [-0.2, 0) is 16.5 Å². The van der Waals surface area contributed by atoms with Crippen LogP contribution in [0.1, 0.15) is 26.2 Å². The topological polar surface area (TPSA) is 85.2 Å². The molecule has 1 aliphatic rings. The molecule has 0 saturated carbocycles. The highest BCUT2D eigenvalue weighted by Gasteiger charge is 2.32. The summed E-state index contributed by atoms with van der Waals surface area (Å²) in [6.45, 7) is 3.11. The third kappa shape index (κ3) is 3.64. The van der Waals surface area contributed by atoms with Crippen molar-refractivity contribution < 1.29 is 8.42 Å². The van der Waals surface area contributed by atoms with E-state index in [2.05, 4.69) is 22.1 Å². The summed E-state index contributed by atoms with van der Waals surface area (Å²) in [5, 5.41) is 8.65. The van der Waals surface area contributed by atoms with Crippen LogP contribution in [0.25, 0.3) is 10.9 Å². The predicted molar refractivity (Wildman–Crippen MR) is 92.5 cm³/mol. The average Bonchev–Trinajstić information content (AvgIpc) is 2.93. The molecule has 1 fully saturated rings. The van der Waals surface area contributed by atoms with E-state index in [1.54, 1.807) is 18.2 Å². The summed E-state index contributed by atoms with van der Waals surface area (Å²) in [6, 6.07) is 7.05. The van der Waals surface area contributed by atoms with Crippen molar-refractivity contribution in [3.05, 3.63) is 34.6 Å². The molecule has 1 aliphatic heterocycles. The van der Waals surface area contributed by atoms with Crippen molar-refractivity contribution in [1.82, 2.24) is 19.9 Å². The van der Waals surface area contributed by atoms with Crippen molar-refractivity contribution in [3.63, 3.8) is 0 Å². The molecule has 7 nitrogen and oxygen atoms in total. The molecule has 3 rings (SSSR count). The lowest BCUT2D eigenvalue weighted by molar-refractivity contribution is 0.148. The molecule has 0 radical (unpaired) electrons. The Bertz CT molecular complexity index is 878. The van der Waals surface area contributed by atoms with E-state index in [-0.39, 0.29) is 29.8 Å². The molecule has 1 aromatic carbocycles. The number of rotatable bonds is 6. The minimum absolute atomic E-state index is 0.0540. The van der Waals surface area contributed by atoms with E-state index < -0.39 is 9.84 Å². The molecule has 1 atom stereocenters. The Morgan fingerprint density at radius 1 is 1.33 bits per heavy atom. The number of hydrogen-bond acceptors (Lipinski definition) is 6. The fraction of sp³-hybridized carbons (Fsp3) is 0.562. The predicted octanol–water partition coefficient (Wildman–Crippen LogP) is 1.04. The second-order valence-electron chi connectivity index (χ2n) is 6.28. The monoisotopic (exact) mass is 350 g/mol. The van der Waals surface area contributed by atoms with Gasteiger partial charge in [0.25, 0.3) is 5.56 Å². The van der Waals surface area contributed by atoms with E-state index in [9.17, 15) is 13.2 Å². The Hall–Kier alpha value is -1.80. The second kappa shape index (κ2) is 6.98. The van der Waals surface area contributed by atoms with Crippen LogP contribution in [0.3, 0.4) is 0 Å². The van der Waals surface area contributed by atoms with Crippen molar-refractivity contribution in [2.24, 2.45) is 0 Å². The Morgan fingerprint density at radius 2 is 2.12 bits per heavy atom. The van der Waals surface area contributed by atoms with Crippen molar-refractivity contribution in [2.45, 2.75) is 38.9 Å². The Balaban J connectivity index is 1.87. The van der Waals surface area contributed by atoms with Gasteiger partial charge in [-0.05, 0) is 25.0 Å². The van der Waals surface area contributed by atoms with Crippen LogP contribution in [0.5, 0.6) is 0 Å². The summed E-state index contributed by atoms with van der Waals surface area (Å²) < 4.78 is 24.9. The lowest BCUT2D eigenvalue weighted by Crippen LogP contribution is -2.42. The lowest BCUT2D eigenvalue weighted by atomic mass is 10.2. The first-order chi connectivity index (χ1) is 11.5. The molecule has 0 bridgehead atoms. The van der Waals surface area contributed by atoms with Crippen molar-refractivity contribution in [3.8, 4) is 0 Å². The Kier molecular flexibility index (Phi) is 4.96.